The van der Waals surface area contributed by atoms with Gasteiger partial charge in [0.15, 0.2) is 17.4 Å². The van der Waals surface area contributed by atoms with Crippen molar-refractivity contribution in [2.45, 2.75) is 67.7 Å². The molecule has 1 N–H and O–H groups in total. The lowest BCUT2D eigenvalue weighted by atomic mass is 9.77. The van der Waals surface area contributed by atoms with Gasteiger partial charge in [-0.2, -0.15) is 0 Å². The number of piperidine rings is 1. The molecule has 6 heterocycles. The highest BCUT2D eigenvalue weighted by Crippen LogP contribution is 2.45. The number of ether oxygens (including phenoxy) is 2. The summed E-state index contributed by atoms with van der Waals surface area (Å²) in [6, 6.07) is 2.41. The molecular formula is C24H31N5O3S. The Labute approximate surface area is 198 Å². The molecule has 4 aliphatic rings. The number of nitrogens with zero attached hydrogens (tertiary/aromatic N) is 5. The van der Waals surface area contributed by atoms with Gasteiger partial charge < -0.3 is 24.4 Å². The van der Waals surface area contributed by atoms with Gasteiger partial charge in [0.2, 0.25) is 0 Å². The lowest BCUT2D eigenvalue weighted by Gasteiger charge is -2.39. The second-order valence-corrected chi connectivity index (χ2v) is 10.9. The number of aliphatic hydroxyl groups excluding tert-OH is 1. The monoisotopic (exact) mass is 469 g/mol. The zero-order valence-corrected chi connectivity index (χ0v) is 19.9. The maximum Gasteiger partial charge on any atom is 0.175 e. The van der Waals surface area contributed by atoms with Crippen molar-refractivity contribution in [1.29, 1.82) is 0 Å². The van der Waals surface area contributed by atoms with Gasteiger partial charge in [0, 0.05) is 25.8 Å². The van der Waals surface area contributed by atoms with Crippen LogP contribution >= 0.6 is 11.8 Å². The van der Waals surface area contributed by atoms with Gasteiger partial charge in [0.05, 0.1) is 36.5 Å². The van der Waals surface area contributed by atoms with E-state index in [0.29, 0.717) is 29.9 Å². The minimum Gasteiger partial charge on any atom is -0.486 e. The molecule has 0 radical (unpaired) electrons. The van der Waals surface area contributed by atoms with E-state index in [2.05, 4.69) is 21.7 Å². The van der Waals surface area contributed by atoms with Crippen LogP contribution in [0.5, 0.6) is 5.75 Å². The molecule has 6 rings (SSSR count). The van der Waals surface area contributed by atoms with Gasteiger partial charge in [-0.15, -0.1) is 0 Å². The molecule has 2 aromatic rings. The van der Waals surface area contributed by atoms with E-state index in [1.54, 1.807) is 0 Å². The van der Waals surface area contributed by atoms with Crippen LogP contribution in [0.2, 0.25) is 0 Å². The normalized spacial score (nSPS) is 25.8. The summed E-state index contributed by atoms with van der Waals surface area (Å²) in [5.41, 5.74) is 0.947. The van der Waals surface area contributed by atoms with Gasteiger partial charge in [0.25, 0.3) is 0 Å². The Balaban J connectivity index is 1.20. The maximum absolute atomic E-state index is 10.1. The summed E-state index contributed by atoms with van der Waals surface area (Å²) in [5.74, 6) is 2.58. The van der Waals surface area contributed by atoms with Crippen LogP contribution in [0, 0.1) is 5.41 Å². The number of aliphatic hydroxyl groups is 1. The molecule has 2 atom stereocenters. The number of fused-ring (bicyclic) bond motifs is 3. The van der Waals surface area contributed by atoms with E-state index in [-0.39, 0.29) is 6.61 Å². The van der Waals surface area contributed by atoms with Crippen LogP contribution in [0.4, 0.5) is 11.6 Å². The fraction of sp³-hybridized carbons (Fsp3) is 0.625. The lowest BCUT2D eigenvalue weighted by Crippen LogP contribution is -2.41. The first-order valence-electron chi connectivity index (χ1n) is 12.0. The quantitative estimate of drug-likeness (QED) is 0.725. The molecule has 2 aromatic heterocycles. The Morgan fingerprint density at radius 1 is 1.21 bits per heavy atom. The highest BCUT2D eigenvalue weighted by Gasteiger charge is 2.41. The Morgan fingerprint density at radius 2 is 2.09 bits per heavy atom. The molecule has 3 fully saturated rings. The first-order valence-corrected chi connectivity index (χ1v) is 12.9. The number of hydrogen-bond acceptors (Lipinski definition) is 9. The van der Waals surface area contributed by atoms with E-state index in [0.717, 1.165) is 79.2 Å². The van der Waals surface area contributed by atoms with Crippen LogP contribution in [-0.4, -0.2) is 65.1 Å². The van der Waals surface area contributed by atoms with Gasteiger partial charge >= 0.3 is 0 Å². The predicted molar refractivity (Wildman–Crippen MR) is 126 cm³/mol. The third-order valence-electron chi connectivity index (χ3n) is 7.60. The van der Waals surface area contributed by atoms with Crippen molar-refractivity contribution in [2.75, 3.05) is 42.6 Å². The summed E-state index contributed by atoms with van der Waals surface area (Å²) in [5, 5.41) is 10.8. The SMILES string of the molecule is C[C@H]1CC2(CCN(c3ncc(Sc4ccnc5c4OC[C@@H]4CCCN54)nc3CO)CC2)CO1. The zero-order valence-electron chi connectivity index (χ0n) is 19.1. The van der Waals surface area contributed by atoms with Crippen molar-refractivity contribution in [3.05, 3.63) is 24.2 Å². The highest BCUT2D eigenvalue weighted by molar-refractivity contribution is 7.99. The first kappa shape index (κ1) is 21.4. The van der Waals surface area contributed by atoms with E-state index < -0.39 is 0 Å². The fourth-order valence-electron chi connectivity index (χ4n) is 5.83. The Bertz CT molecular complexity index is 1030. The maximum atomic E-state index is 10.1. The van der Waals surface area contributed by atoms with E-state index >= 15 is 0 Å². The molecule has 0 unspecified atom stereocenters. The molecule has 0 bridgehead atoms. The van der Waals surface area contributed by atoms with E-state index in [1.807, 2.05) is 18.5 Å². The van der Waals surface area contributed by atoms with Crippen LogP contribution in [0.15, 0.2) is 28.4 Å². The number of hydrogen-bond donors (Lipinski definition) is 1. The highest BCUT2D eigenvalue weighted by atomic mass is 32.2. The smallest absolute Gasteiger partial charge is 0.175 e. The summed E-state index contributed by atoms with van der Waals surface area (Å²) < 4.78 is 12.0. The van der Waals surface area contributed by atoms with Crippen LogP contribution in [-0.2, 0) is 11.3 Å². The van der Waals surface area contributed by atoms with Crippen molar-refractivity contribution < 1.29 is 14.6 Å². The van der Waals surface area contributed by atoms with Gasteiger partial charge in [-0.05, 0) is 50.5 Å². The zero-order chi connectivity index (χ0) is 22.4. The molecule has 8 nitrogen and oxygen atoms in total. The van der Waals surface area contributed by atoms with Crippen LogP contribution in [0.3, 0.4) is 0 Å². The summed E-state index contributed by atoms with van der Waals surface area (Å²) >= 11 is 1.53. The average molecular weight is 470 g/mol. The number of rotatable bonds is 4. The van der Waals surface area contributed by atoms with Crippen LogP contribution < -0.4 is 14.5 Å². The number of pyridine rings is 1. The number of anilines is 2. The molecule has 176 valence electrons. The largest absolute Gasteiger partial charge is 0.486 e. The molecule has 0 saturated carbocycles. The molecule has 33 heavy (non-hydrogen) atoms. The van der Waals surface area contributed by atoms with Gasteiger partial charge in [-0.3, -0.25) is 0 Å². The first-order chi connectivity index (χ1) is 16.1. The van der Waals surface area contributed by atoms with Crippen molar-refractivity contribution in [3.63, 3.8) is 0 Å². The lowest BCUT2D eigenvalue weighted by molar-refractivity contribution is 0.0975. The van der Waals surface area contributed by atoms with Crippen LogP contribution in [0.1, 0.15) is 44.7 Å². The summed E-state index contributed by atoms with van der Waals surface area (Å²) in [4.78, 5) is 19.8. The van der Waals surface area contributed by atoms with Crippen molar-refractivity contribution in [3.8, 4) is 5.75 Å². The van der Waals surface area contributed by atoms with Crippen molar-refractivity contribution in [1.82, 2.24) is 15.0 Å². The fourth-order valence-corrected chi connectivity index (χ4v) is 6.69. The second kappa shape index (κ2) is 8.60. The molecule has 1 spiro atoms. The molecule has 0 amide bonds. The predicted octanol–water partition coefficient (Wildman–Crippen LogP) is 3.27. The molecular weight excluding hydrogens is 438 g/mol. The topological polar surface area (TPSA) is 83.8 Å². The molecule has 0 aromatic carbocycles. The minimum atomic E-state index is -0.126. The second-order valence-electron chi connectivity index (χ2n) is 9.81. The van der Waals surface area contributed by atoms with E-state index in [4.69, 9.17) is 19.4 Å². The average Bonchev–Trinajstić information content (AvgIpc) is 3.47. The molecule has 0 aliphatic carbocycles. The Kier molecular flexibility index (Phi) is 5.58. The molecule has 3 saturated heterocycles. The minimum absolute atomic E-state index is 0.126. The Morgan fingerprint density at radius 3 is 2.88 bits per heavy atom. The third kappa shape index (κ3) is 3.94. The standard InChI is InChI=1S/C24H31N5O3S/c1-16-11-24(15-32-16)5-9-28(10-6-24)22-18(13-30)27-20(12-26-22)33-19-4-7-25-23-21(19)31-14-17-3-2-8-29(17)23/h4,7,12,16-17,30H,2-3,5-6,8-11,13-15H2,1H3/t16-,17-/m0/s1. The van der Waals surface area contributed by atoms with Gasteiger partial charge in [0.1, 0.15) is 17.3 Å². The van der Waals surface area contributed by atoms with Gasteiger partial charge in [-0.1, -0.05) is 11.8 Å². The van der Waals surface area contributed by atoms with Crippen molar-refractivity contribution >= 4 is 23.4 Å². The Hall–Kier alpha value is -2.10. The summed E-state index contributed by atoms with van der Waals surface area (Å²) in [6.07, 6.45) is 9.70. The number of aromatic nitrogens is 3. The third-order valence-corrected chi connectivity index (χ3v) is 8.55. The van der Waals surface area contributed by atoms with E-state index in [1.165, 1.54) is 18.2 Å². The summed E-state index contributed by atoms with van der Waals surface area (Å²) in [7, 11) is 0. The van der Waals surface area contributed by atoms with E-state index in [9.17, 15) is 5.11 Å². The van der Waals surface area contributed by atoms with Gasteiger partial charge in [-0.25, -0.2) is 15.0 Å². The van der Waals surface area contributed by atoms with Crippen LogP contribution in [0.25, 0.3) is 0 Å². The summed E-state index contributed by atoms with van der Waals surface area (Å²) in [6.45, 7) is 6.50. The molecule has 4 aliphatic heterocycles. The molecule has 9 heteroatoms. The van der Waals surface area contributed by atoms with Crippen molar-refractivity contribution in [2.24, 2.45) is 5.41 Å².